The first kappa shape index (κ1) is 19.4. The summed E-state index contributed by atoms with van der Waals surface area (Å²) in [7, 11) is 0. The second-order valence-corrected chi connectivity index (χ2v) is 7.21. The van der Waals surface area contributed by atoms with Gasteiger partial charge in [-0.25, -0.2) is 0 Å². The van der Waals surface area contributed by atoms with Gasteiger partial charge in [0.25, 0.3) is 0 Å². The van der Waals surface area contributed by atoms with Gasteiger partial charge in [0.05, 0.1) is 6.61 Å². The van der Waals surface area contributed by atoms with E-state index in [0.717, 1.165) is 30.9 Å². The lowest BCUT2D eigenvalue weighted by atomic mass is 9.91. The van der Waals surface area contributed by atoms with Gasteiger partial charge in [-0.1, -0.05) is 42.5 Å². The molecule has 2 aromatic rings. The minimum Gasteiger partial charge on any atom is -0.494 e. The van der Waals surface area contributed by atoms with E-state index >= 15 is 0 Å². The number of nitrogens with two attached hydrogens (primary N) is 1. The van der Waals surface area contributed by atoms with Crippen molar-refractivity contribution in [2.75, 3.05) is 32.8 Å². The van der Waals surface area contributed by atoms with Crippen molar-refractivity contribution in [2.45, 2.75) is 25.9 Å². The van der Waals surface area contributed by atoms with E-state index in [-0.39, 0.29) is 5.91 Å². The number of ether oxygens (including phenoxy) is 1. The van der Waals surface area contributed by atoms with Crippen molar-refractivity contribution in [3.05, 3.63) is 65.7 Å². The number of nitrogens with zero attached hydrogens (tertiary/aromatic N) is 2. The number of carbonyl (C=O) groups excluding carboxylic acids is 1. The second-order valence-electron chi connectivity index (χ2n) is 7.21. The van der Waals surface area contributed by atoms with Crippen LogP contribution in [0.15, 0.2) is 54.6 Å². The first-order valence-corrected chi connectivity index (χ1v) is 9.58. The molecule has 0 radical (unpaired) electrons. The standard InChI is InChI=1S/C22H29N3O2/c1-3-27-20-11-9-18(10-12-20)17-24-13-15-25(16-14-24)21(26)22(2,23)19-7-5-4-6-8-19/h4-12H,3,13-17,23H2,1-2H3. The van der Waals surface area contributed by atoms with Crippen LogP contribution in [-0.4, -0.2) is 48.5 Å². The van der Waals surface area contributed by atoms with Gasteiger partial charge in [0, 0.05) is 32.7 Å². The zero-order chi connectivity index (χ0) is 19.3. The van der Waals surface area contributed by atoms with Gasteiger partial charge in [0.1, 0.15) is 11.3 Å². The van der Waals surface area contributed by atoms with Crippen LogP contribution in [-0.2, 0) is 16.9 Å². The molecule has 1 aliphatic heterocycles. The first-order valence-electron chi connectivity index (χ1n) is 9.58. The third-order valence-corrected chi connectivity index (χ3v) is 5.12. The second kappa shape index (κ2) is 8.55. The lowest BCUT2D eigenvalue weighted by molar-refractivity contribution is -0.138. The summed E-state index contributed by atoms with van der Waals surface area (Å²) in [6, 6.07) is 17.8. The molecule has 1 amide bonds. The smallest absolute Gasteiger partial charge is 0.247 e. The summed E-state index contributed by atoms with van der Waals surface area (Å²) >= 11 is 0. The molecule has 0 bridgehead atoms. The summed E-state index contributed by atoms with van der Waals surface area (Å²) in [5.74, 6) is 0.897. The maximum absolute atomic E-state index is 13.0. The van der Waals surface area contributed by atoms with Crippen LogP contribution in [0.25, 0.3) is 0 Å². The predicted octanol–water partition coefficient (Wildman–Crippen LogP) is 2.60. The Labute approximate surface area is 161 Å². The van der Waals surface area contributed by atoms with Crippen molar-refractivity contribution < 1.29 is 9.53 Å². The van der Waals surface area contributed by atoms with E-state index in [9.17, 15) is 4.79 Å². The minimum atomic E-state index is -0.988. The van der Waals surface area contributed by atoms with Gasteiger partial charge >= 0.3 is 0 Å². The van der Waals surface area contributed by atoms with Crippen molar-refractivity contribution in [1.82, 2.24) is 9.80 Å². The minimum absolute atomic E-state index is 0.00517. The molecule has 0 aromatic heterocycles. The number of hydrogen-bond acceptors (Lipinski definition) is 4. The number of piperazine rings is 1. The monoisotopic (exact) mass is 367 g/mol. The number of amides is 1. The largest absolute Gasteiger partial charge is 0.494 e. The molecule has 1 heterocycles. The van der Waals surface area contributed by atoms with Crippen molar-refractivity contribution in [1.29, 1.82) is 0 Å². The highest BCUT2D eigenvalue weighted by atomic mass is 16.5. The topological polar surface area (TPSA) is 58.8 Å². The highest BCUT2D eigenvalue weighted by Crippen LogP contribution is 2.22. The molecule has 5 heteroatoms. The maximum atomic E-state index is 13.0. The molecule has 144 valence electrons. The lowest BCUT2D eigenvalue weighted by Crippen LogP contribution is -2.56. The third-order valence-electron chi connectivity index (χ3n) is 5.12. The van der Waals surface area contributed by atoms with Gasteiger partial charge in [0.2, 0.25) is 5.91 Å². The Morgan fingerprint density at radius 2 is 1.67 bits per heavy atom. The van der Waals surface area contributed by atoms with Crippen LogP contribution < -0.4 is 10.5 Å². The van der Waals surface area contributed by atoms with E-state index in [0.29, 0.717) is 19.7 Å². The Bertz CT molecular complexity index is 736. The molecule has 0 saturated carbocycles. The maximum Gasteiger partial charge on any atom is 0.247 e. The average molecular weight is 367 g/mol. The van der Waals surface area contributed by atoms with E-state index in [1.54, 1.807) is 6.92 Å². The molecule has 1 fully saturated rings. The van der Waals surface area contributed by atoms with Crippen LogP contribution in [0.5, 0.6) is 5.75 Å². The molecular formula is C22H29N3O2. The molecule has 1 unspecified atom stereocenters. The summed E-state index contributed by atoms with van der Waals surface area (Å²) < 4.78 is 5.49. The molecule has 3 rings (SSSR count). The predicted molar refractivity (Wildman–Crippen MR) is 107 cm³/mol. The molecule has 2 N–H and O–H groups in total. The number of hydrogen-bond donors (Lipinski definition) is 1. The summed E-state index contributed by atoms with van der Waals surface area (Å²) in [4.78, 5) is 17.2. The Morgan fingerprint density at radius 1 is 1.04 bits per heavy atom. The summed E-state index contributed by atoms with van der Waals surface area (Å²) in [6.07, 6.45) is 0. The Kier molecular flexibility index (Phi) is 6.14. The highest BCUT2D eigenvalue weighted by molar-refractivity contribution is 5.87. The van der Waals surface area contributed by atoms with E-state index in [4.69, 9.17) is 10.5 Å². The molecule has 1 saturated heterocycles. The fraction of sp³-hybridized carbons (Fsp3) is 0.409. The van der Waals surface area contributed by atoms with E-state index in [2.05, 4.69) is 17.0 Å². The van der Waals surface area contributed by atoms with Crippen LogP contribution in [0.4, 0.5) is 0 Å². The van der Waals surface area contributed by atoms with E-state index < -0.39 is 5.54 Å². The van der Waals surface area contributed by atoms with Crippen molar-refractivity contribution in [3.63, 3.8) is 0 Å². The fourth-order valence-electron chi connectivity index (χ4n) is 3.46. The average Bonchev–Trinajstić information content (AvgIpc) is 2.70. The Hall–Kier alpha value is -2.37. The van der Waals surface area contributed by atoms with Crippen molar-refractivity contribution in [2.24, 2.45) is 5.73 Å². The van der Waals surface area contributed by atoms with Crippen LogP contribution >= 0.6 is 0 Å². The van der Waals surface area contributed by atoms with Gasteiger partial charge in [-0.05, 0) is 37.1 Å². The molecule has 5 nitrogen and oxygen atoms in total. The van der Waals surface area contributed by atoms with Gasteiger partial charge in [-0.15, -0.1) is 0 Å². The molecule has 0 spiro atoms. The molecule has 1 atom stereocenters. The first-order chi connectivity index (χ1) is 13.0. The Morgan fingerprint density at radius 3 is 2.26 bits per heavy atom. The number of rotatable bonds is 6. The van der Waals surface area contributed by atoms with Gasteiger partial charge in [-0.3, -0.25) is 9.69 Å². The van der Waals surface area contributed by atoms with Crippen molar-refractivity contribution in [3.8, 4) is 5.75 Å². The van der Waals surface area contributed by atoms with Crippen LogP contribution in [0, 0.1) is 0 Å². The highest BCUT2D eigenvalue weighted by Gasteiger charge is 2.35. The Balaban J connectivity index is 1.54. The molecule has 1 aliphatic rings. The third kappa shape index (κ3) is 4.67. The molecule has 0 aliphatic carbocycles. The zero-order valence-electron chi connectivity index (χ0n) is 16.2. The van der Waals surface area contributed by atoms with Gasteiger partial charge < -0.3 is 15.4 Å². The summed E-state index contributed by atoms with van der Waals surface area (Å²) in [6.45, 7) is 8.46. The van der Waals surface area contributed by atoms with E-state index in [1.165, 1.54) is 5.56 Å². The summed E-state index contributed by atoms with van der Waals surface area (Å²) in [5, 5.41) is 0. The van der Waals surface area contributed by atoms with Crippen molar-refractivity contribution >= 4 is 5.91 Å². The van der Waals surface area contributed by atoms with Crippen LogP contribution in [0.2, 0.25) is 0 Å². The van der Waals surface area contributed by atoms with Gasteiger partial charge in [-0.2, -0.15) is 0 Å². The zero-order valence-corrected chi connectivity index (χ0v) is 16.2. The molecular weight excluding hydrogens is 338 g/mol. The normalized spacial score (nSPS) is 17.4. The summed E-state index contributed by atoms with van der Waals surface area (Å²) in [5.41, 5.74) is 7.51. The fourth-order valence-corrected chi connectivity index (χ4v) is 3.46. The SMILES string of the molecule is CCOc1ccc(CN2CCN(C(=O)C(C)(N)c3ccccc3)CC2)cc1. The molecule has 2 aromatic carbocycles. The lowest BCUT2D eigenvalue weighted by Gasteiger charge is -2.38. The van der Waals surface area contributed by atoms with E-state index in [1.807, 2.05) is 54.3 Å². The quantitative estimate of drug-likeness (QED) is 0.853. The number of benzene rings is 2. The van der Waals surface area contributed by atoms with Crippen LogP contribution in [0.3, 0.4) is 0 Å². The number of carbonyl (C=O) groups is 1. The van der Waals surface area contributed by atoms with Crippen LogP contribution in [0.1, 0.15) is 25.0 Å². The molecule has 27 heavy (non-hydrogen) atoms. The van der Waals surface area contributed by atoms with Gasteiger partial charge in [0.15, 0.2) is 0 Å².